The molecule has 1 unspecified atom stereocenters. The Hall–Kier alpha value is -2.82. The van der Waals surface area contributed by atoms with Crippen LogP contribution in [0.15, 0.2) is 109 Å². The molecule has 4 aromatic rings. The van der Waals surface area contributed by atoms with Crippen molar-refractivity contribution in [3.05, 3.63) is 126 Å². The number of aromatic hydroxyl groups is 1. The summed E-state index contributed by atoms with van der Waals surface area (Å²) in [6.45, 7) is 5.63. The van der Waals surface area contributed by atoms with Gasteiger partial charge in [0.05, 0.1) is 0 Å². The van der Waals surface area contributed by atoms with Crippen LogP contribution in [0.4, 0.5) is 0 Å². The second-order valence-corrected chi connectivity index (χ2v) is 9.09. The van der Waals surface area contributed by atoms with E-state index < -0.39 is 0 Å². The lowest BCUT2D eigenvalue weighted by Gasteiger charge is -2.35. The van der Waals surface area contributed by atoms with Gasteiger partial charge in [-0.15, -0.1) is 0 Å². The summed E-state index contributed by atoms with van der Waals surface area (Å²) in [5, 5.41) is 10.2. The van der Waals surface area contributed by atoms with Gasteiger partial charge in [0.15, 0.2) is 0 Å². The molecule has 0 radical (unpaired) electrons. The molecule has 0 amide bonds. The molecule has 1 aliphatic rings. The van der Waals surface area contributed by atoms with Crippen molar-refractivity contribution in [1.29, 1.82) is 0 Å². The van der Waals surface area contributed by atoms with E-state index in [4.69, 9.17) is 0 Å². The highest BCUT2D eigenvalue weighted by Crippen LogP contribution is 2.26. The Morgan fingerprint density at radius 1 is 0.600 bits per heavy atom. The molecule has 1 fully saturated rings. The summed E-state index contributed by atoms with van der Waals surface area (Å²) in [5.41, 5.74) is 6.38. The van der Waals surface area contributed by atoms with Crippen LogP contribution in [0.1, 0.15) is 22.7 Å². The van der Waals surface area contributed by atoms with Crippen molar-refractivity contribution in [3.8, 4) is 16.9 Å². The molecule has 1 aliphatic heterocycles. The van der Waals surface area contributed by atoms with Crippen molar-refractivity contribution in [2.24, 2.45) is 0 Å². The van der Waals surface area contributed by atoms with Crippen LogP contribution in [-0.2, 0) is 6.54 Å². The van der Waals surface area contributed by atoms with Crippen LogP contribution in [0.2, 0.25) is 0 Å². The molecule has 182 valence electrons. The van der Waals surface area contributed by atoms with Gasteiger partial charge < -0.3 is 39.7 Å². The van der Waals surface area contributed by atoms with Crippen LogP contribution in [0, 0.1) is 0 Å². The lowest BCUT2D eigenvalue weighted by Crippen LogP contribution is -3.27. The highest BCUT2D eigenvalue weighted by Gasteiger charge is 2.32. The minimum atomic E-state index is 0. The molecule has 5 heteroatoms. The molecule has 0 bridgehead atoms. The number of phenols is 1. The molecular weight excluding hydrogens is 475 g/mol. The largest absolute Gasteiger partial charge is 1.00 e. The number of quaternary nitrogens is 2. The maximum absolute atomic E-state index is 10.2. The van der Waals surface area contributed by atoms with Crippen LogP contribution in [0.3, 0.4) is 0 Å². The van der Waals surface area contributed by atoms with E-state index in [0.717, 1.165) is 32.7 Å². The minimum absolute atomic E-state index is 0. The molecule has 0 aliphatic carbocycles. The number of phenolic OH excluding ortho intramolecular Hbond substituents is 1. The van der Waals surface area contributed by atoms with Crippen molar-refractivity contribution in [3.63, 3.8) is 0 Å². The Balaban J connectivity index is 0.00000171. The summed E-state index contributed by atoms with van der Waals surface area (Å²) in [6.07, 6.45) is 0. The van der Waals surface area contributed by atoms with E-state index in [2.05, 4.69) is 91.0 Å². The summed E-state index contributed by atoms with van der Waals surface area (Å²) >= 11 is 0. The second-order valence-electron chi connectivity index (χ2n) is 9.09. The van der Waals surface area contributed by atoms with Gasteiger partial charge in [-0.3, -0.25) is 0 Å². The molecule has 4 aromatic carbocycles. The Morgan fingerprint density at radius 2 is 1.20 bits per heavy atom. The van der Waals surface area contributed by atoms with Gasteiger partial charge in [-0.2, -0.15) is 0 Å². The predicted octanol–water partition coefficient (Wildman–Crippen LogP) is -2.86. The number of hydrogen-bond acceptors (Lipinski definition) is 1. The fourth-order valence-electron chi connectivity index (χ4n) is 5.14. The maximum atomic E-state index is 10.2. The SMILES string of the molecule is Oc1cccc(C(c2ccc(-c3ccccc3)cc2)[NH+]2CC[NH+](Cc3ccccc3)CC2)c1.[Cl-].[Cl-]. The number of nitrogens with one attached hydrogen (secondary N) is 2. The zero-order valence-electron chi connectivity index (χ0n) is 19.7. The lowest BCUT2D eigenvalue weighted by molar-refractivity contribution is -1.03. The first-order valence-electron chi connectivity index (χ1n) is 11.9. The van der Waals surface area contributed by atoms with Gasteiger partial charge in [0.1, 0.15) is 44.5 Å². The molecule has 35 heavy (non-hydrogen) atoms. The standard InChI is InChI=1S/C30H30N2O.2ClH/c33-29-13-7-12-28(22-29)30(27-16-14-26(15-17-27)25-10-5-2-6-11-25)32-20-18-31(19-21-32)23-24-8-3-1-4-9-24;;/h1-17,22,30,33H,18-21,23H2;2*1H. The molecule has 0 spiro atoms. The van der Waals surface area contributed by atoms with Crippen LogP contribution in [0.25, 0.3) is 11.1 Å². The van der Waals surface area contributed by atoms with Crippen molar-refractivity contribution in [2.75, 3.05) is 26.2 Å². The molecule has 1 atom stereocenters. The number of halogens is 2. The molecule has 1 saturated heterocycles. The van der Waals surface area contributed by atoms with Gasteiger partial charge in [0.25, 0.3) is 0 Å². The molecule has 3 nitrogen and oxygen atoms in total. The van der Waals surface area contributed by atoms with Crippen molar-refractivity contribution < 1.29 is 39.7 Å². The van der Waals surface area contributed by atoms with E-state index in [0.29, 0.717) is 5.75 Å². The molecule has 5 rings (SSSR count). The van der Waals surface area contributed by atoms with Gasteiger partial charge >= 0.3 is 0 Å². The first kappa shape index (κ1) is 26.8. The van der Waals surface area contributed by atoms with E-state index >= 15 is 0 Å². The molecule has 0 saturated carbocycles. The van der Waals surface area contributed by atoms with E-state index in [-0.39, 0.29) is 30.9 Å². The zero-order chi connectivity index (χ0) is 22.5. The number of benzene rings is 4. The van der Waals surface area contributed by atoms with Crippen molar-refractivity contribution in [1.82, 2.24) is 0 Å². The third kappa shape index (κ3) is 6.65. The highest BCUT2D eigenvalue weighted by atomic mass is 35.5. The average Bonchev–Trinajstić information content (AvgIpc) is 2.87. The van der Waals surface area contributed by atoms with Gasteiger partial charge in [0.2, 0.25) is 0 Å². The topological polar surface area (TPSA) is 29.1 Å². The van der Waals surface area contributed by atoms with E-state index in [9.17, 15) is 5.11 Å². The number of piperazine rings is 1. The minimum Gasteiger partial charge on any atom is -1.00 e. The fraction of sp³-hybridized carbons (Fsp3) is 0.200. The summed E-state index contributed by atoms with van der Waals surface area (Å²) < 4.78 is 0. The summed E-state index contributed by atoms with van der Waals surface area (Å²) in [4.78, 5) is 3.23. The smallest absolute Gasteiger partial charge is 0.139 e. The number of hydrogen-bond donors (Lipinski definition) is 3. The molecular formula is C30H32Cl2N2O. The van der Waals surface area contributed by atoms with Gasteiger partial charge in [-0.1, -0.05) is 97.1 Å². The molecule has 0 aromatic heterocycles. The van der Waals surface area contributed by atoms with Crippen LogP contribution < -0.4 is 34.6 Å². The summed E-state index contributed by atoms with van der Waals surface area (Å²) in [7, 11) is 0. The number of rotatable bonds is 6. The highest BCUT2D eigenvalue weighted by molar-refractivity contribution is 5.63. The maximum Gasteiger partial charge on any atom is 0.139 e. The lowest BCUT2D eigenvalue weighted by atomic mass is 9.94. The van der Waals surface area contributed by atoms with Crippen molar-refractivity contribution in [2.45, 2.75) is 12.6 Å². The van der Waals surface area contributed by atoms with Crippen LogP contribution in [0.5, 0.6) is 5.75 Å². The Morgan fingerprint density at radius 3 is 1.83 bits per heavy atom. The van der Waals surface area contributed by atoms with E-state index in [1.165, 1.54) is 27.8 Å². The Kier molecular flexibility index (Phi) is 9.76. The molecule has 3 N–H and O–H groups in total. The van der Waals surface area contributed by atoms with E-state index in [1.807, 2.05) is 12.1 Å². The molecule has 1 heterocycles. The summed E-state index contributed by atoms with van der Waals surface area (Å²) in [5.74, 6) is 0.339. The normalized spacial score (nSPS) is 18.1. The monoisotopic (exact) mass is 506 g/mol. The van der Waals surface area contributed by atoms with E-state index in [1.54, 1.807) is 15.9 Å². The summed E-state index contributed by atoms with van der Waals surface area (Å²) in [6, 6.07) is 38.4. The first-order valence-corrected chi connectivity index (χ1v) is 11.9. The van der Waals surface area contributed by atoms with Gasteiger partial charge in [0, 0.05) is 16.7 Å². The first-order chi connectivity index (χ1) is 16.3. The van der Waals surface area contributed by atoms with Crippen molar-refractivity contribution >= 4 is 0 Å². The van der Waals surface area contributed by atoms with Crippen LogP contribution in [-0.4, -0.2) is 31.3 Å². The Labute approximate surface area is 220 Å². The third-order valence-corrected chi connectivity index (χ3v) is 6.86. The second kappa shape index (κ2) is 12.8. The third-order valence-electron chi connectivity index (χ3n) is 6.86. The Bertz CT molecular complexity index is 1160. The predicted molar refractivity (Wildman–Crippen MR) is 133 cm³/mol. The fourth-order valence-corrected chi connectivity index (χ4v) is 5.14. The quantitative estimate of drug-likeness (QED) is 0.258. The van der Waals surface area contributed by atoms with Gasteiger partial charge in [-0.25, -0.2) is 0 Å². The van der Waals surface area contributed by atoms with Gasteiger partial charge in [-0.05, 0) is 23.3 Å². The van der Waals surface area contributed by atoms with Crippen LogP contribution >= 0.6 is 0 Å². The average molecular weight is 508 g/mol. The zero-order valence-corrected chi connectivity index (χ0v) is 21.2.